The van der Waals surface area contributed by atoms with Crippen molar-refractivity contribution in [2.24, 2.45) is 0 Å². The van der Waals surface area contributed by atoms with Crippen LogP contribution in [0.3, 0.4) is 0 Å². The van der Waals surface area contributed by atoms with Crippen molar-refractivity contribution < 1.29 is 8.78 Å². The average molecular weight is 312 g/mol. The molecule has 0 aliphatic carbocycles. The Morgan fingerprint density at radius 1 is 1.20 bits per heavy atom. The van der Waals surface area contributed by atoms with Crippen LogP contribution in [0.4, 0.5) is 14.5 Å². The van der Waals surface area contributed by atoms with Gasteiger partial charge >= 0.3 is 0 Å². The Morgan fingerprint density at radius 3 is 2.75 bits per heavy atom. The zero-order valence-electron chi connectivity index (χ0n) is 9.95. The number of hydrogen-bond donors (Lipinski definition) is 2. The van der Waals surface area contributed by atoms with E-state index in [9.17, 15) is 8.78 Å². The molecule has 3 nitrogen and oxygen atoms in total. The molecule has 102 valence electrons. The summed E-state index contributed by atoms with van der Waals surface area (Å²) in [4.78, 5) is 6.99. The largest absolute Gasteiger partial charge is 0.359 e. The van der Waals surface area contributed by atoms with E-state index in [1.165, 1.54) is 18.1 Å². The van der Waals surface area contributed by atoms with Crippen LogP contribution in [0.25, 0.3) is 10.9 Å². The Labute approximate surface area is 122 Å². The molecule has 0 bridgehead atoms. The van der Waals surface area contributed by atoms with Gasteiger partial charge in [0.05, 0.1) is 16.2 Å². The number of benzene rings is 1. The van der Waals surface area contributed by atoms with Crippen molar-refractivity contribution >= 4 is 40.1 Å². The monoisotopic (exact) mass is 311 g/mol. The number of nitrogens with one attached hydrogen (secondary N) is 2. The van der Waals surface area contributed by atoms with E-state index < -0.39 is 11.6 Å². The van der Waals surface area contributed by atoms with Gasteiger partial charge in [-0.1, -0.05) is 11.6 Å². The van der Waals surface area contributed by atoms with E-state index >= 15 is 0 Å². The first-order valence-electron chi connectivity index (χ1n) is 5.64. The molecule has 20 heavy (non-hydrogen) atoms. The lowest BCUT2D eigenvalue weighted by molar-refractivity contribution is 0.511. The van der Waals surface area contributed by atoms with Gasteiger partial charge in [0.25, 0.3) is 0 Å². The number of halogens is 3. The summed E-state index contributed by atoms with van der Waals surface area (Å²) in [7, 11) is 0. The van der Waals surface area contributed by atoms with Gasteiger partial charge in [-0.05, 0) is 18.2 Å². The fourth-order valence-electron chi connectivity index (χ4n) is 1.73. The minimum absolute atomic E-state index is 0.524. The smallest absolute Gasteiger partial charge is 0.160 e. The Bertz CT molecular complexity index is 758. The van der Waals surface area contributed by atoms with Gasteiger partial charge in [0.1, 0.15) is 5.03 Å². The molecule has 0 atom stereocenters. The van der Waals surface area contributed by atoms with Crippen LogP contribution in [0.5, 0.6) is 0 Å². The summed E-state index contributed by atoms with van der Waals surface area (Å²) in [6, 6.07) is 5.76. The molecule has 0 spiro atoms. The molecule has 2 heterocycles. The highest BCUT2D eigenvalue weighted by molar-refractivity contribution is 8.00. The van der Waals surface area contributed by atoms with Gasteiger partial charge < -0.3 is 9.71 Å². The molecule has 2 N–H and O–H groups in total. The molecule has 0 saturated heterocycles. The van der Waals surface area contributed by atoms with Gasteiger partial charge in [-0.25, -0.2) is 13.8 Å². The normalized spacial score (nSPS) is 10.9. The van der Waals surface area contributed by atoms with Gasteiger partial charge in [-0.3, -0.25) is 0 Å². The molecule has 0 saturated carbocycles. The number of nitrogens with zero attached hydrogens (tertiary/aromatic N) is 1. The number of aromatic amines is 1. The summed E-state index contributed by atoms with van der Waals surface area (Å²) in [6.45, 7) is 0. The lowest BCUT2D eigenvalue weighted by Crippen LogP contribution is -1.88. The predicted molar refractivity (Wildman–Crippen MR) is 76.9 cm³/mol. The van der Waals surface area contributed by atoms with Crippen molar-refractivity contribution in [2.45, 2.75) is 5.03 Å². The van der Waals surface area contributed by atoms with Gasteiger partial charge in [-0.2, -0.15) is 0 Å². The average Bonchev–Trinajstić information content (AvgIpc) is 2.81. The Kier molecular flexibility index (Phi) is 3.50. The van der Waals surface area contributed by atoms with Crippen molar-refractivity contribution in [1.29, 1.82) is 0 Å². The van der Waals surface area contributed by atoms with E-state index in [1.807, 2.05) is 0 Å². The standard InChI is InChI=1S/C13H8ClF2N3S/c14-7-1-2-13(18-5-7)20-19-12-6-17-11-4-10(16)9(15)3-8(11)12/h1-6,17,19H. The van der Waals surface area contributed by atoms with Gasteiger partial charge in [0.15, 0.2) is 11.6 Å². The molecule has 0 aliphatic rings. The molecule has 3 rings (SSSR count). The number of H-pyrrole nitrogens is 1. The molecule has 1 aromatic carbocycles. The SMILES string of the molecule is Fc1cc2[nH]cc(NSc3ccc(Cl)cn3)c2cc1F. The van der Waals surface area contributed by atoms with Crippen LogP contribution in [0.1, 0.15) is 0 Å². The third kappa shape index (κ3) is 2.57. The lowest BCUT2D eigenvalue weighted by Gasteiger charge is -2.03. The summed E-state index contributed by atoms with van der Waals surface area (Å²) in [5, 5.41) is 1.84. The lowest BCUT2D eigenvalue weighted by atomic mass is 10.2. The van der Waals surface area contributed by atoms with Crippen LogP contribution in [0.2, 0.25) is 5.02 Å². The van der Waals surface area contributed by atoms with Crippen LogP contribution in [-0.4, -0.2) is 9.97 Å². The van der Waals surface area contributed by atoms with Crippen molar-refractivity contribution in [3.63, 3.8) is 0 Å². The fraction of sp³-hybridized carbons (Fsp3) is 0. The Hall–Kier alpha value is -1.79. The maximum absolute atomic E-state index is 13.3. The molecule has 2 aromatic heterocycles. The molecule has 0 unspecified atom stereocenters. The van der Waals surface area contributed by atoms with Crippen LogP contribution in [-0.2, 0) is 0 Å². The molecule has 0 radical (unpaired) electrons. The first kappa shape index (κ1) is 13.2. The molecule has 3 aromatic rings. The summed E-state index contributed by atoms with van der Waals surface area (Å²) in [6.07, 6.45) is 3.18. The summed E-state index contributed by atoms with van der Waals surface area (Å²) in [5.74, 6) is -1.76. The van der Waals surface area contributed by atoms with E-state index in [2.05, 4.69) is 14.7 Å². The molecule has 7 heteroatoms. The number of aromatic nitrogens is 2. The third-order valence-electron chi connectivity index (χ3n) is 2.69. The minimum atomic E-state index is -0.880. The molecule has 0 fully saturated rings. The number of fused-ring (bicyclic) bond motifs is 1. The molecule has 0 aliphatic heterocycles. The molecular weight excluding hydrogens is 304 g/mol. The molecule has 0 amide bonds. The van der Waals surface area contributed by atoms with E-state index in [-0.39, 0.29) is 0 Å². The van der Waals surface area contributed by atoms with Crippen LogP contribution < -0.4 is 4.72 Å². The van der Waals surface area contributed by atoms with E-state index in [1.54, 1.807) is 18.3 Å². The highest BCUT2D eigenvalue weighted by atomic mass is 35.5. The number of rotatable bonds is 3. The summed E-state index contributed by atoms with van der Waals surface area (Å²) < 4.78 is 29.4. The van der Waals surface area contributed by atoms with Gasteiger partial charge in [0.2, 0.25) is 0 Å². The van der Waals surface area contributed by atoms with E-state index in [0.717, 1.165) is 12.1 Å². The zero-order valence-corrected chi connectivity index (χ0v) is 11.5. The van der Waals surface area contributed by atoms with Crippen molar-refractivity contribution in [2.75, 3.05) is 4.72 Å². The third-order valence-corrected chi connectivity index (χ3v) is 3.68. The van der Waals surface area contributed by atoms with Gasteiger partial charge in [0, 0.05) is 35.8 Å². The summed E-state index contributed by atoms with van der Waals surface area (Å²) >= 11 is 7.00. The number of anilines is 1. The van der Waals surface area contributed by atoms with Crippen LogP contribution >= 0.6 is 23.5 Å². The highest BCUT2D eigenvalue weighted by Gasteiger charge is 2.09. The first-order chi connectivity index (χ1) is 9.63. The van der Waals surface area contributed by atoms with E-state index in [0.29, 0.717) is 26.6 Å². The number of pyridine rings is 1. The molecular formula is C13H8ClF2N3S. The maximum atomic E-state index is 13.3. The maximum Gasteiger partial charge on any atom is 0.160 e. The quantitative estimate of drug-likeness (QED) is 0.694. The Morgan fingerprint density at radius 2 is 2.00 bits per heavy atom. The minimum Gasteiger partial charge on any atom is -0.359 e. The second-order valence-corrected chi connectivity index (χ2v) is 5.30. The topological polar surface area (TPSA) is 40.7 Å². The predicted octanol–water partition coefficient (Wildman–Crippen LogP) is 4.61. The Balaban J connectivity index is 1.84. The number of hydrogen-bond acceptors (Lipinski definition) is 3. The first-order valence-corrected chi connectivity index (χ1v) is 6.83. The van der Waals surface area contributed by atoms with Crippen molar-refractivity contribution in [1.82, 2.24) is 9.97 Å². The fourth-order valence-corrected chi connectivity index (χ4v) is 2.47. The van der Waals surface area contributed by atoms with Gasteiger partial charge in [-0.15, -0.1) is 0 Å². The van der Waals surface area contributed by atoms with Crippen molar-refractivity contribution in [3.05, 3.63) is 53.3 Å². The zero-order chi connectivity index (χ0) is 14.1. The second kappa shape index (κ2) is 5.30. The van der Waals surface area contributed by atoms with Crippen LogP contribution in [0.15, 0.2) is 41.7 Å². The van der Waals surface area contributed by atoms with E-state index in [4.69, 9.17) is 11.6 Å². The van der Waals surface area contributed by atoms with Crippen molar-refractivity contribution in [3.8, 4) is 0 Å². The second-order valence-electron chi connectivity index (χ2n) is 4.03. The van der Waals surface area contributed by atoms with Crippen LogP contribution in [0, 0.1) is 11.6 Å². The summed E-state index contributed by atoms with van der Waals surface area (Å²) in [5.41, 5.74) is 1.18. The highest BCUT2D eigenvalue weighted by Crippen LogP contribution is 2.29.